The summed E-state index contributed by atoms with van der Waals surface area (Å²) in [6.45, 7) is 14.8. The van der Waals surface area contributed by atoms with E-state index < -0.39 is 0 Å². The zero-order valence-electron chi connectivity index (χ0n) is 15.7. The Balaban J connectivity index is 2.90. The fourth-order valence-corrected chi connectivity index (χ4v) is 2.41. The topological polar surface area (TPSA) is 28.2 Å². The molecule has 0 saturated heterocycles. The highest BCUT2D eigenvalue weighted by Gasteiger charge is 2.09. The van der Waals surface area contributed by atoms with Crippen LogP contribution in [0.3, 0.4) is 0 Å². The third kappa shape index (κ3) is 6.09. The van der Waals surface area contributed by atoms with E-state index in [4.69, 9.17) is 0 Å². The fourth-order valence-electron chi connectivity index (χ4n) is 2.41. The van der Waals surface area contributed by atoms with Gasteiger partial charge in [0.05, 0.1) is 0 Å². The van der Waals surface area contributed by atoms with Crippen molar-refractivity contribution in [2.75, 3.05) is 17.3 Å². The molecule has 3 heteroatoms. The summed E-state index contributed by atoms with van der Waals surface area (Å²) < 4.78 is 0. The first-order valence-electron chi connectivity index (χ1n) is 8.68. The van der Waals surface area contributed by atoms with Crippen molar-refractivity contribution in [2.24, 2.45) is 5.92 Å². The van der Waals surface area contributed by atoms with Crippen LogP contribution in [0.2, 0.25) is 0 Å². The van der Waals surface area contributed by atoms with Gasteiger partial charge in [-0.3, -0.25) is 0 Å². The van der Waals surface area contributed by atoms with E-state index in [0.29, 0.717) is 12.0 Å². The van der Waals surface area contributed by atoms with Crippen LogP contribution in [-0.4, -0.2) is 18.1 Å². The molecule has 1 rings (SSSR count). The molecule has 0 radical (unpaired) electrons. The zero-order valence-corrected chi connectivity index (χ0v) is 15.7. The van der Waals surface area contributed by atoms with Crippen molar-refractivity contribution in [3.63, 3.8) is 0 Å². The van der Waals surface area contributed by atoms with Crippen LogP contribution in [0.1, 0.15) is 52.5 Å². The second-order valence-corrected chi connectivity index (χ2v) is 6.48. The summed E-state index contributed by atoms with van der Waals surface area (Å²) in [5.41, 5.74) is 3.53. The third-order valence-electron chi connectivity index (χ3n) is 4.31. The maximum atomic E-state index is 4.54. The number of nitrogens with zero attached hydrogens (tertiary/aromatic N) is 2. The second kappa shape index (κ2) is 9.39. The lowest BCUT2D eigenvalue weighted by atomic mass is 10.1. The van der Waals surface area contributed by atoms with Gasteiger partial charge in [-0.15, -0.1) is 0 Å². The van der Waals surface area contributed by atoms with Gasteiger partial charge in [-0.2, -0.15) is 0 Å². The molecule has 1 heterocycles. The van der Waals surface area contributed by atoms with Gasteiger partial charge in [0.2, 0.25) is 0 Å². The minimum atomic E-state index is 0.381. The minimum absolute atomic E-state index is 0.381. The molecule has 0 saturated carbocycles. The Labute approximate surface area is 142 Å². The molecule has 0 aromatic carbocycles. The molecule has 0 aliphatic rings. The van der Waals surface area contributed by atoms with Gasteiger partial charge in [0.15, 0.2) is 0 Å². The average Bonchev–Trinajstić information content (AvgIpc) is 2.53. The Morgan fingerprint density at radius 2 is 2.13 bits per heavy atom. The van der Waals surface area contributed by atoms with Crippen molar-refractivity contribution < 1.29 is 0 Å². The van der Waals surface area contributed by atoms with Crippen LogP contribution in [0.5, 0.6) is 0 Å². The predicted molar refractivity (Wildman–Crippen MR) is 103 cm³/mol. The Hall–Kier alpha value is -1.77. The standard InChI is InChI=1S/C20H33N3/c1-8-10-18(9-2)22-20-13-19(17(6)14-21-20)23(7)12-11-16(5)15(3)4/h11-14,16,18H,3,8-10H2,1-2,4-7H3,(H,21,22)/b12-11-. The number of aromatic nitrogens is 1. The number of hydrogen-bond acceptors (Lipinski definition) is 3. The van der Waals surface area contributed by atoms with E-state index in [0.717, 1.165) is 12.2 Å². The number of allylic oxidation sites excluding steroid dienone is 2. The normalized spacial score (nSPS) is 13.8. The van der Waals surface area contributed by atoms with Crippen LogP contribution >= 0.6 is 0 Å². The summed E-state index contributed by atoms with van der Waals surface area (Å²) >= 11 is 0. The minimum Gasteiger partial charge on any atom is -0.367 e. The summed E-state index contributed by atoms with van der Waals surface area (Å²) in [7, 11) is 2.08. The van der Waals surface area contributed by atoms with E-state index in [9.17, 15) is 0 Å². The van der Waals surface area contributed by atoms with Gasteiger partial charge in [-0.1, -0.05) is 45.4 Å². The Morgan fingerprint density at radius 1 is 1.43 bits per heavy atom. The number of rotatable bonds is 9. The van der Waals surface area contributed by atoms with Crippen molar-refractivity contribution >= 4 is 11.5 Å². The van der Waals surface area contributed by atoms with Gasteiger partial charge in [0.25, 0.3) is 0 Å². The number of aryl methyl sites for hydroxylation is 1. The number of hydrogen-bond donors (Lipinski definition) is 1. The first-order chi connectivity index (χ1) is 10.9. The lowest BCUT2D eigenvalue weighted by molar-refractivity contribution is 0.620. The molecule has 0 aliphatic heterocycles. The van der Waals surface area contributed by atoms with E-state index in [1.807, 2.05) is 6.20 Å². The van der Waals surface area contributed by atoms with Crippen molar-refractivity contribution in [2.45, 2.75) is 59.9 Å². The molecule has 2 atom stereocenters. The van der Waals surface area contributed by atoms with Crippen LogP contribution in [0, 0.1) is 12.8 Å². The zero-order chi connectivity index (χ0) is 17.4. The summed E-state index contributed by atoms with van der Waals surface area (Å²) in [4.78, 5) is 6.69. The number of anilines is 2. The lowest BCUT2D eigenvalue weighted by Crippen LogP contribution is -2.19. The predicted octanol–water partition coefficient (Wildman–Crippen LogP) is 5.54. The van der Waals surface area contributed by atoms with Crippen LogP contribution < -0.4 is 10.2 Å². The van der Waals surface area contributed by atoms with Gasteiger partial charge in [0, 0.05) is 37.2 Å². The van der Waals surface area contributed by atoms with E-state index in [2.05, 4.69) is 81.8 Å². The van der Waals surface area contributed by atoms with Gasteiger partial charge in [0.1, 0.15) is 5.82 Å². The maximum absolute atomic E-state index is 4.54. The molecule has 0 amide bonds. The maximum Gasteiger partial charge on any atom is 0.128 e. The Kier molecular flexibility index (Phi) is 7.87. The van der Waals surface area contributed by atoms with Crippen LogP contribution in [0.25, 0.3) is 0 Å². The van der Waals surface area contributed by atoms with Crippen molar-refractivity contribution in [3.05, 3.63) is 42.3 Å². The summed E-state index contributed by atoms with van der Waals surface area (Å²) in [6, 6.07) is 2.64. The van der Waals surface area contributed by atoms with Crippen LogP contribution in [-0.2, 0) is 0 Å². The highest BCUT2D eigenvalue weighted by atomic mass is 15.1. The number of pyridine rings is 1. The quantitative estimate of drug-likeness (QED) is 0.606. The molecule has 23 heavy (non-hydrogen) atoms. The highest BCUT2D eigenvalue weighted by Crippen LogP contribution is 2.23. The molecular weight excluding hydrogens is 282 g/mol. The van der Waals surface area contributed by atoms with Gasteiger partial charge < -0.3 is 10.2 Å². The first-order valence-corrected chi connectivity index (χ1v) is 8.68. The highest BCUT2D eigenvalue weighted by molar-refractivity contribution is 5.60. The summed E-state index contributed by atoms with van der Waals surface area (Å²) in [5.74, 6) is 1.34. The SMILES string of the molecule is C=C(C)C(C)/C=C\N(C)c1cc(NC(CC)CCC)ncc1C. The molecule has 3 nitrogen and oxygen atoms in total. The van der Waals surface area contributed by atoms with Gasteiger partial charge in [-0.05, 0) is 38.2 Å². The van der Waals surface area contributed by atoms with Crippen LogP contribution in [0.4, 0.5) is 11.5 Å². The van der Waals surface area contributed by atoms with Crippen molar-refractivity contribution in [1.82, 2.24) is 4.98 Å². The first kappa shape index (κ1) is 19.3. The molecule has 1 N–H and O–H groups in total. The molecule has 0 spiro atoms. The molecule has 1 aromatic heterocycles. The molecule has 2 unspecified atom stereocenters. The molecule has 1 aromatic rings. The third-order valence-corrected chi connectivity index (χ3v) is 4.31. The smallest absolute Gasteiger partial charge is 0.128 e. The van der Waals surface area contributed by atoms with E-state index >= 15 is 0 Å². The lowest BCUT2D eigenvalue weighted by Gasteiger charge is -2.21. The number of nitrogens with one attached hydrogen (secondary N) is 1. The second-order valence-electron chi connectivity index (χ2n) is 6.48. The molecule has 128 valence electrons. The van der Waals surface area contributed by atoms with Crippen molar-refractivity contribution in [1.29, 1.82) is 0 Å². The fraction of sp³-hybridized carbons (Fsp3) is 0.550. The largest absolute Gasteiger partial charge is 0.367 e. The van der Waals surface area contributed by atoms with E-state index in [1.165, 1.54) is 29.7 Å². The average molecular weight is 316 g/mol. The van der Waals surface area contributed by atoms with Crippen LogP contribution in [0.15, 0.2) is 36.7 Å². The van der Waals surface area contributed by atoms with Crippen molar-refractivity contribution in [3.8, 4) is 0 Å². The molecule has 0 fully saturated rings. The molecule has 0 bridgehead atoms. The Morgan fingerprint density at radius 3 is 2.70 bits per heavy atom. The summed E-state index contributed by atoms with van der Waals surface area (Å²) in [5, 5.41) is 3.56. The molecular formula is C20H33N3. The van der Waals surface area contributed by atoms with E-state index in [-0.39, 0.29) is 0 Å². The molecule has 0 aliphatic carbocycles. The monoisotopic (exact) mass is 315 g/mol. The Bertz CT molecular complexity index is 534. The summed E-state index contributed by atoms with van der Waals surface area (Å²) in [6.07, 6.45) is 9.72. The van der Waals surface area contributed by atoms with Gasteiger partial charge in [-0.25, -0.2) is 4.98 Å². The van der Waals surface area contributed by atoms with Gasteiger partial charge >= 0.3 is 0 Å². The van der Waals surface area contributed by atoms with E-state index in [1.54, 1.807) is 0 Å².